The second-order valence-corrected chi connectivity index (χ2v) is 9.25. The summed E-state index contributed by atoms with van der Waals surface area (Å²) in [6, 6.07) is 17.6. The van der Waals surface area contributed by atoms with Crippen LogP contribution in [0.1, 0.15) is 11.6 Å². The lowest BCUT2D eigenvalue weighted by molar-refractivity contribution is 0.534. The predicted octanol–water partition coefficient (Wildman–Crippen LogP) is 2.46. The van der Waals surface area contributed by atoms with Gasteiger partial charge in [-0.15, -0.1) is 0 Å². The maximum absolute atomic E-state index is 13.6. The molecule has 32 heavy (non-hydrogen) atoms. The van der Waals surface area contributed by atoms with Crippen LogP contribution in [0.3, 0.4) is 0 Å². The van der Waals surface area contributed by atoms with E-state index in [1.807, 2.05) is 0 Å². The highest BCUT2D eigenvalue weighted by Gasteiger charge is 2.41. The van der Waals surface area contributed by atoms with Gasteiger partial charge in [0.1, 0.15) is 22.6 Å². The fraction of sp³-hybridized carbons (Fsp3) is 0.0435. The van der Waals surface area contributed by atoms with Gasteiger partial charge in [-0.25, -0.2) is 17.5 Å². The molecule has 1 aliphatic heterocycles. The van der Waals surface area contributed by atoms with Gasteiger partial charge in [0.25, 0.3) is 11.1 Å². The van der Waals surface area contributed by atoms with E-state index in [0.717, 1.165) is 21.5 Å². The summed E-state index contributed by atoms with van der Waals surface area (Å²) in [6.45, 7) is 0. The number of allylic oxidation sites excluding steroid dienone is 1. The predicted molar refractivity (Wildman–Crippen MR) is 118 cm³/mol. The number of halogens is 1. The maximum atomic E-state index is 13.6. The summed E-state index contributed by atoms with van der Waals surface area (Å²) in [6.07, 6.45) is 0. The van der Waals surface area contributed by atoms with E-state index in [9.17, 15) is 22.4 Å². The van der Waals surface area contributed by atoms with Gasteiger partial charge in [-0.1, -0.05) is 42.5 Å². The van der Waals surface area contributed by atoms with E-state index in [4.69, 9.17) is 5.73 Å². The molecule has 7 nitrogen and oxygen atoms in total. The van der Waals surface area contributed by atoms with E-state index in [0.29, 0.717) is 5.56 Å². The van der Waals surface area contributed by atoms with Crippen LogP contribution in [-0.4, -0.2) is 17.8 Å². The Morgan fingerprint density at radius 2 is 1.34 bits per heavy atom. The van der Waals surface area contributed by atoms with Gasteiger partial charge in [-0.3, -0.25) is 9.59 Å². The first-order valence-corrected chi connectivity index (χ1v) is 11.1. The third kappa shape index (κ3) is 2.75. The van der Waals surface area contributed by atoms with Gasteiger partial charge < -0.3 is 5.73 Å². The Kier molecular flexibility index (Phi) is 4.38. The number of hydrogen-bond acceptors (Lipinski definition) is 5. The summed E-state index contributed by atoms with van der Waals surface area (Å²) >= 11 is 0. The first kappa shape index (κ1) is 20.0. The molecule has 9 heteroatoms. The normalized spacial score (nSPS) is 15.8. The van der Waals surface area contributed by atoms with Crippen molar-refractivity contribution < 1.29 is 12.8 Å². The Morgan fingerprint density at radius 3 is 1.97 bits per heavy atom. The minimum Gasteiger partial charge on any atom is -0.383 e. The van der Waals surface area contributed by atoms with E-state index < -0.39 is 32.8 Å². The summed E-state index contributed by atoms with van der Waals surface area (Å²) in [5, 5.41) is 0.250. The number of fused-ring (bicyclic) bond motifs is 2. The van der Waals surface area contributed by atoms with Crippen molar-refractivity contribution in [3.05, 3.63) is 116 Å². The quantitative estimate of drug-likeness (QED) is 0.518. The first-order chi connectivity index (χ1) is 15.3. The minimum absolute atomic E-state index is 0.0384. The molecule has 3 aromatic carbocycles. The fourth-order valence-electron chi connectivity index (χ4n) is 4.04. The van der Waals surface area contributed by atoms with Gasteiger partial charge in [0.05, 0.1) is 15.7 Å². The molecule has 0 amide bonds. The molecule has 2 heterocycles. The molecule has 1 aliphatic rings. The molecule has 1 aromatic heterocycles. The molecule has 1 atom stereocenters. The lowest BCUT2D eigenvalue weighted by Gasteiger charge is -2.19. The maximum Gasteiger partial charge on any atom is 0.279 e. The Balaban J connectivity index is 1.92. The van der Waals surface area contributed by atoms with Gasteiger partial charge >= 0.3 is 0 Å². The van der Waals surface area contributed by atoms with Crippen LogP contribution >= 0.6 is 0 Å². The van der Waals surface area contributed by atoms with E-state index in [1.165, 1.54) is 36.4 Å². The monoisotopic (exact) mass is 449 g/mol. The van der Waals surface area contributed by atoms with Gasteiger partial charge in [0.15, 0.2) is 0 Å². The van der Waals surface area contributed by atoms with Crippen LogP contribution in [0.25, 0.3) is 16.6 Å². The first-order valence-electron chi connectivity index (χ1n) is 9.64. The van der Waals surface area contributed by atoms with Gasteiger partial charge in [-0.05, 0) is 42.0 Å². The van der Waals surface area contributed by atoms with Crippen molar-refractivity contribution in [1.29, 1.82) is 0 Å². The highest BCUT2D eigenvalue weighted by Crippen LogP contribution is 2.39. The van der Waals surface area contributed by atoms with Crippen molar-refractivity contribution >= 4 is 26.4 Å². The molecule has 4 aromatic rings. The lowest BCUT2D eigenvalue weighted by atomic mass is 10.1. The van der Waals surface area contributed by atoms with Crippen LogP contribution in [0.2, 0.25) is 0 Å². The van der Waals surface area contributed by atoms with Gasteiger partial charge in [0.2, 0.25) is 9.84 Å². The molecule has 0 saturated carbocycles. The number of nitrogens with two attached hydrogens (primary N) is 1. The molecule has 5 rings (SSSR count). The zero-order valence-corrected chi connectivity index (χ0v) is 17.3. The molecule has 160 valence electrons. The highest BCUT2D eigenvalue weighted by molar-refractivity contribution is 7.95. The number of hydrogen-bond donors (Lipinski definition) is 1. The fourth-order valence-corrected chi connectivity index (χ4v) is 5.71. The second kappa shape index (κ2) is 7.03. The Labute approximate surface area is 181 Å². The molecule has 0 bridgehead atoms. The van der Waals surface area contributed by atoms with Crippen LogP contribution in [0.5, 0.6) is 0 Å². The van der Waals surface area contributed by atoms with Crippen LogP contribution < -0.4 is 16.9 Å². The standard InChI is InChI=1S/C23H16FN3O4S/c24-15-12-10-14(11-13-15)19-20(32(30,31)16-6-2-1-3-7-16)21(25)27-23(29)18-9-5-4-8-17(18)22(28)26(19)27/h1-13,19H,25H2. The highest BCUT2D eigenvalue weighted by atomic mass is 32.2. The molecular weight excluding hydrogens is 433 g/mol. The smallest absolute Gasteiger partial charge is 0.279 e. The van der Waals surface area contributed by atoms with Crippen molar-refractivity contribution in [2.75, 3.05) is 0 Å². The number of aromatic nitrogens is 2. The summed E-state index contributed by atoms with van der Waals surface area (Å²) in [7, 11) is -4.21. The third-order valence-corrected chi connectivity index (χ3v) is 7.41. The lowest BCUT2D eigenvalue weighted by Crippen LogP contribution is -2.38. The molecule has 0 saturated heterocycles. The minimum atomic E-state index is -4.21. The van der Waals surface area contributed by atoms with Crippen molar-refractivity contribution in [1.82, 2.24) is 9.36 Å². The molecule has 0 fully saturated rings. The summed E-state index contributed by atoms with van der Waals surface area (Å²) < 4.78 is 42.8. The van der Waals surface area contributed by atoms with E-state index in [1.54, 1.807) is 30.3 Å². The molecule has 0 radical (unpaired) electrons. The molecule has 0 spiro atoms. The van der Waals surface area contributed by atoms with Crippen molar-refractivity contribution in [3.8, 4) is 0 Å². The Bertz CT molecular complexity index is 1640. The van der Waals surface area contributed by atoms with Crippen LogP contribution in [-0.2, 0) is 9.84 Å². The van der Waals surface area contributed by atoms with Crippen LogP contribution in [0.4, 0.5) is 4.39 Å². The Hall–Kier alpha value is -3.98. The zero-order chi connectivity index (χ0) is 22.6. The SMILES string of the molecule is NC1=C(S(=O)(=O)c2ccccc2)C(c2ccc(F)cc2)n2c(=O)c3ccccc3c(=O)n21. The molecular formula is C23H16FN3O4S. The number of sulfone groups is 1. The second-order valence-electron chi connectivity index (χ2n) is 7.33. The molecule has 2 N–H and O–H groups in total. The summed E-state index contributed by atoms with van der Waals surface area (Å²) in [5.41, 5.74) is 5.35. The van der Waals surface area contributed by atoms with Crippen molar-refractivity contribution in [2.45, 2.75) is 10.9 Å². The van der Waals surface area contributed by atoms with Gasteiger partial charge in [-0.2, -0.15) is 4.68 Å². The van der Waals surface area contributed by atoms with E-state index in [-0.39, 0.29) is 26.4 Å². The average molecular weight is 449 g/mol. The van der Waals surface area contributed by atoms with Crippen LogP contribution in [0, 0.1) is 5.82 Å². The van der Waals surface area contributed by atoms with Crippen molar-refractivity contribution in [3.63, 3.8) is 0 Å². The van der Waals surface area contributed by atoms with Crippen LogP contribution in [0.15, 0.2) is 98.3 Å². The van der Waals surface area contributed by atoms with E-state index in [2.05, 4.69) is 0 Å². The molecule has 0 aliphatic carbocycles. The largest absolute Gasteiger partial charge is 0.383 e. The third-order valence-electron chi connectivity index (χ3n) is 5.51. The number of nitrogens with zero attached hydrogens (tertiary/aromatic N) is 2. The number of benzene rings is 3. The van der Waals surface area contributed by atoms with Crippen molar-refractivity contribution in [2.24, 2.45) is 5.73 Å². The average Bonchev–Trinajstić information content (AvgIpc) is 3.12. The zero-order valence-electron chi connectivity index (χ0n) is 16.5. The molecule has 1 unspecified atom stereocenters. The topological polar surface area (TPSA) is 104 Å². The Morgan fingerprint density at radius 1 is 0.781 bits per heavy atom. The summed E-state index contributed by atoms with van der Waals surface area (Å²) in [4.78, 5) is 26.3. The number of rotatable bonds is 3. The summed E-state index contributed by atoms with van der Waals surface area (Å²) in [5.74, 6) is -0.893. The van der Waals surface area contributed by atoms with Gasteiger partial charge in [0, 0.05) is 0 Å². The van der Waals surface area contributed by atoms with E-state index >= 15 is 0 Å².